The lowest BCUT2D eigenvalue weighted by atomic mass is 10.1. The molecule has 1 aromatic rings. The molecule has 0 bridgehead atoms. The number of allylic oxidation sites excluding steroid dienone is 1. The van der Waals surface area contributed by atoms with Crippen LogP contribution >= 0.6 is 23.2 Å². The van der Waals surface area contributed by atoms with Gasteiger partial charge >= 0.3 is 6.18 Å². The minimum absolute atomic E-state index is 0.00269. The van der Waals surface area contributed by atoms with E-state index in [1.165, 1.54) is 0 Å². The first-order valence-corrected chi connectivity index (χ1v) is 4.74. The van der Waals surface area contributed by atoms with E-state index in [0.29, 0.717) is 11.8 Å². The van der Waals surface area contributed by atoms with Crippen molar-refractivity contribution in [1.82, 2.24) is 4.98 Å². The van der Waals surface area contributed by atoms with E-state index < -0.39 is 11.7 Å². The molecule has 0 aliphatic heterocycles. The number of halogens is 5. The maximum Gasteiger partial charge on any atom is 0.417 e. The molecule has 0 unspecified atom stereocenters. The van der Waals surface area contributed by atoms with Gasteiger partial charge in [0.15, 0.2) is 0 Å². The summed E-state index contributed by atoms with van der Waals surface area (Å²) in [7, 11) is 0. The number of aromatic nitrogens is 1. The van der Waals surface area contributed by atoms with Gasteiger partial charge in [-0.15, -0.1) is 11.6 Å². The molecule has 0 aromatic carbocycles. The molecule has 0 saturated carbocycles. The van der Waals surface area contributed by atoms with Gasteiger partial charge in [0, 0.05) is 17.6 Å². The third-order valence-corrected chi connectivity index (χ3v) is 2.33. The van der Waals surface area contributed by atoms with Crippen molar-refractivity contribution in [3.05, 3.63) is 35.1 Å². The molecule has 0 amide bonds. The summed E-state index contributed by atoms with van der Waals surface area (Å²) < 4.78 is 37.0. The first-order chi connectivity index (χ1) is 6.86. The minimum Gasteiger partial charge on any atom is -0.243 e. The SMILES string of the molecule is C=C(CCl)c1cc(C(F)(F)F)cnc1Cl. The number of hydrogen-bond donors (Lipinski definition) is 0. The van der Waals surface area contributed by atoms with E-state index in [0.717, 1.165) is 6.07 Å². The van der Waals surface area contributed by atoms with Gasteiger partial charge in [0.25, 0.3) is 0 Å². The van der Waals surface area contributed by atoms with Crippen molar-refractivity contribution < 1.29 is 13.2 Å². The summed E-state index contributed by atoms with van der Waals surface area (Å²) in [6.45, 7) is 3.50. The molecule has 0 N–H and O–H groups in total. The Balaban J connectivity index is 3.23. The van der Waals surface area contributed by atoms with Crippen molar-refractivity contribution in [3.63, 3.8) is 0 Å². The smallest absolute Gasteiger partial charge is 0.243 e. The molecule has 82 valence electrons. The topological polar surface area (TPSA) is 12.9 Å². The molecule has 15 heavy (non-hydrogen) atoms. The van der Waals surface area contributed by atoms with E-state index in [-0.39, 0.29) is 16.6 Å². The van der Waals surface area contributed by atoms with Crippen LogP contribution in [0.15, 0.2) is 18.8 Å². The molecule has 0 fully saturated rings. The molecule has 0 aliphatic carbocycles. The normalized spacial score (nSPS) is 11.5. The van der Waals surface area contributed by atoms with Crippen LogP contribution in [0.5, 0.6) is 0 Å². The first kappa shape index (κ1) is 12.3. The minimum atomic E-state index is -4.45. The maximum absolute atomic E-state index is 12.3. The van der Waals surface area contributed by atoms with Crippen LogP contribution in [0.3, 0.4) is 0 Å². The fraction of sp³-hybridized carbons (Fsp3) is 0.222. The van der Waals surface area contributed by atoms with Gasteiger partial charge in [-0.3, -0.25) is 0 Å². The van der Waals surface area contributed by atoms with Gasteiger partial charge in [-0.2, -0.15) is 13.2 Å². The summed E-state index contributed by atoms with van der Waals surface area (Å²) in [6.07, 6.45) is -3.77. The molecule has 0 atom stereocenters. The van der Waals surface area contributed by atoms with Crippen molar-refractivity contribution in [2.45, 2.75) is 6.18 Å². The average Bonchev–Trinajstić information content (AvgIpc) is 2.15. The van der Waals surface area contributed by atoms with E-state index in [9.17, 15) is 13.2 Å². The third-order valence-electron chi connectivity index (χ3n) is 1.71. The van der Waals surface area contributed by atoms with E-state index in [1.807, 2.05) is 0 Å². The summed E-state index contributed by atoms with van der Waals surface area (Å²) >= 11 is 11.1. The van der Waals surface area contributed by atoms with Gasteiger partial charge in [0.2, 0.25) is 0 Å². The largest absolute Gasteiger partial charge is 0.417 e. The predicted molar refractivity (Wildman–Crippen MR) is 54.0 cm³/mol. The van der Waals surface area contributed by atoms with Gasteiger partial charge < -0.3 is 0 Å². The molecule has 0 saturated heterocycles. The molecule has 0 aliphatic rings. The maximum atomic E-state index is 12.3. The second-order valence-corrected chi connectivity index (χ2v) is 3.42. The number of rotatable bonds is 2. The van der Waals surface area contributed by atoms with Gasteiger partial charge in [0.1, 0.15) is 5.15 Å². The molecular weight excluding hydrogens is 250 g/mol. The molecule has 0 radical (unpaired) electrons. The predicted octanol–water partition coefficient (Wildman–Crippen LogP) is 4.01. The number of alkyl halides is 4. The van der Waals surface area contributed by atoms with E-state index in [1.54, 1.807) is 0 Å². The van der Waals surface area contributed by atoms with Crippen LogP contribution in [-0.4, -0.2) is 10.9 Å². The van der Waals surface area contributed by atoms with Crippen LogP contribution in [0.2, 0.25) is 5.15 Å². The zero-order chi connectivity index (χ0) is 11.6. The first-order valence-electron chi connectivity index (χ1n) is 3.83. The van der Waals surface area contributed by atoms with Crippen LogP contribution in [0.25, 0.3) is 5.57 Å². The quantitative estimate of drug-likeness (QED) is 0.575. The van der Waals surface area contributed by atoms with Crippen molar-refractivity contribution >= 4 is 28.8 Å². The average molecular weight is 256 g/mol. The van der Waals surface area contributed by atoms with Crippen LogP contribution < -0.4 is 0 Å². The van der Waals surface area contributed by atoms with Crippen molar-refractivity contribution in [2.75, 3.05) is 5.88 Å². The summed E-state index contributed by atoms with van der Waals surface area (Å²) in [5.74, 6) is 0.00269. The third kappa shape index (κ3) is 2.86. The Morgan fingerprint density at radius 1 is 1.47 bits per heavy atom. The standard InChI is InChI=1S/C9H6Cl2F3N/c1-5(3-10)7-2-6(9(12,13)14)4-15-8(7)11/h2,4H,1,3H2. The van der Waals surface area contributed by atoms with Crippen molar-refractivity contribution in [2.24, 2.45) is 0 Å². The summed E-state index contributed by atoms with van der Waals surface area (Å²) in [6, 6.07) is 0.889. The molecule has 1 heterocycles. The molecule has 1 nitrogen and oxygen atoms in total. The van der Waals surface area contributed by atoms with Crippen LogP contribution in [0.4, 0.5) is 13.2 Å². The van der Waals surface area contributed by atoms with Gasteiger partial charge in [-0.1, -0.05) is 18.2 Å². The second-order valence-electron chi connectivity index (χ2n) is 2.80. The Morgan fingerprint density at radius 2 is 2.07 bits per heavy atom. The van der Waals surface area contributed by atoms with Crippen LogP contribution in [-0.2, 0) is 6.18 Å². The van der Waals surface area contributed by atoms with E-state index >= 15 is 0 Å². The van der Waals surface area contributed by atoms with E-state index in [4.69, 9.17) is 23.2 Å². The Bertz CT molecular complexity index is 387. The number of nitrogens with zero attached hydrogens (tertiary/aromatic N) is 1. The van der Waals surface area contributed by atoms with Crippen molar-refractivity contribution in [1.29, 1.82) is 0 Å². The Hall–Kier alpha value is -0.740. The molecule has 1 aromatic heterocycles. The zero-order valence-electron chi connectivity index (χ0n) is 7.41. The van der Waals surface area contributed by atoms with Gasteiger partial charge in [-0.25, -0.2) is 4.98 Å². The zero-order valence-corrected chi connectivity index (χ0v) is 8.92. The number of pyridine rings is 1. The van der Waals surface area contributed by atoms with Crippen LogP contribution in [0.1, 0.15) is 11.1 Å². The highest BCUT2D eigenvalue weighted by atomic mass is 35.5. The summed E-state index contributed by atoms with van der Waals surface area (Å²) in [5, 5.41) is -0.0337. The molecular formula is C9H6Cl2F3N. The second kappa shape index (κ2) is 4.41. The summed E-state index contributed by atoms with van der Waals surface area (Å²) in [5.41, 5.74) is -0.435. The van der Waals surface area contributed by atoms with Crippen LogP contribution in [0, 0.1) is 0 Å². The Morgan fingerprint density at radius 3 is 2.53 bits per heavy atom. The Labute approximate surface area is 94.5 Å². The lowest BCUT2D eigenvalue weighted by molar-refractivity contribution is -0.137. The summed E-state index contributed by atoms with van der Waals surface area (Å²) in [4.78, 5) is 3.44. The lowest BCUT2D eigenvalue weighted by Gasteiger charge is -2.09. The monoisotopic (exact) mass is 255 g/mol. The highest BCUT2D eigenvalue weighted by Crippen LogP contribution is 2.32. The molecule has 1 rings (SSSR count). The Kier molecular flexibility index (Phi) is 3.62. The van der Waals surface area contributed by atoms with Gasteiger partial charge in [0.05, 0.1) is 5.56 Å². The number of hydrogen-bond acceptors (Lipinski definition) is 1. The lowest BCUT2D eigenvalue weighted by Crippen LogP contribution is -2.06. The molecule has 6 heteroatoms. The molecule has 0 spiro atoms. The fourth-order valence-corrected chi connectivity index (χ4v) is 1.30. The van der Waals surface area contributed by atoms with Crippen molar-refractivity contribution in [3.8, 4) is 0 Å². The van der Waals surface area contributed by atoms with Gasteiger partial charge in [-0.05, 0) is 11.6 Å². The highest BCUT2D eigenvalue weighted by molar-refractivity contribution is 6.32. The van der Waals surface area contributed by atoms with E-state index in [2.05, 4.69) is 11.6 Å². The fourth-order valence-electron chi connectivity index (χ4n) is 0.923. The highest BCUT2D eigenvalue weighted by Gasteiger charge is 2.31.